The maximum Gasteiger partial charge on any atom is 0.127 e. The largest absolute Gasteiger partial charge is 0.380 e. The standard InChI is InChI=1S/C11H23NO2/c1-10(2,5-6-12)8-14-9-11(3,4)7-13/h7H,5-6,8-9,12H2,1-4H3. The first-order valence-corrected chi connectivity index (χ1v) is 5.07. The molecule has 0 aliphatic rings. The zero-order valence-electron chi connectivity index (χ0n) is 9.80. The van der Waals surface area contributed by atoms with Gasteiger partial charge in [0.1, 0.15) is 6.29 Å². The Balaban J connectivity index is 3.78. The van der Waals surface area contributed by atoms with Crippen LogP contribution in [-0.2, 0) is 9.53 Å². The number of nitrogens with two attached hydrogens (primary N) is 1. The Morgan fingerprint density at radius 1 is 1.21 bits per heavy atom. The molecule has 0 atom stereocenters. The zero-order chi connectivity index (χ0) is 11.2. The molecular weight excluding hydrogens is 178 g/mol. The molecule has 14 heavy (non-hydrogen) atoms. The Kier molecular flexibility index (Phi) is 5.31. The molecule has 3 nitrogen and oxygen atoms in total. The van der Waals surface area contributed by atoms with E-state index in [2.05, 4.69) is 13.8 Å². The van der Waals surface area contributed by atoms with E-state index in [4.69, 9.17) is 10.5 Å². The highest BCUT2D eigenvalue weighted by Crippen LogP contribution is 2.21. The summed E-state index contributed by atoms with van der Waals surface area (Å²) in [6.45, 7) is 9.78. The molecule has 0 amide bonds. The van der Waals surface area contributed by atoms with Crippen LogP contribution in [-0.4, -0.2) is 26.0 Å². The number of carbonyl (C=O) groups excluding carboxylic acids is 1. The van der Waals surface area contributed by atoms with Crippen LogP contribution in [0.3, 0.4) is 0 Å². The lowest BCUT2D eigenvalue weighted by molar-refractivity contribution is -0.118. The molecule has 0 saturated heterocycles. The van der Waals surface area contributed by atoms with E-state index in [9.17, 15) is 4.79 Å². The summed E-state index contributed by atoms with van der Waals surface area (Å²) in [6.07, 6.45) is 1.87. The van der Waals surface area contributed by atoms with Crippen LogP contribution in [0.1, 0.15) is 34.1 Å². The highest BCUT2D eigenvalue weighted by Gasteiger charge is 2.21. The Morgan fingerprint density at radius 2 is 1.79 bits per heavy atom. The van der Waals surface area contributed by atoms with E-state index in [-0.39, 0.29) is 10.8 Å². The summed E-state index contributed by atoms with van der Waals surface area (Å²) in [5.41, 5.74) is 5.22. The van der Waals surface area contributed by atoms with Crippen molar-refractivity contribution in [1.29, 1.82) is 0 Å². The van der Waals surface area contributed by atoms with Crippen LogP contribution >= 0.6 is 0 Å². The molecule has 84 valence electrons. The molecule has 0 aliphatic heterocycles. The van der Waals surface area contributed by atoms with Gasteiger partial charge in [0.15, 0.2) is 0 Å². The summed E-state index contributed by atoms with van der Waals surface area (Å²) in [5.74, 6) is 0. The molecule has 0 saturated carbocycles. The van der Waals surface area contributed by atoms with Crippen LogP contribution in [0, 0.1) is 10.8 Å². The fourth-order valence-electron chi connectivity index (χ4n) is 1.09. The fourth-order valence-corrected chi connectivity index (χ4v) is 1.09. The van der Waals surface area contributed by atoms with Gasteiger partial charge in [-0.25, -0.2) is 0 Å². The number of hydrogen-bond acceptors (Lipinski definition) is 3. The first-order valence-electron chi connectivity index (χ1n) is 5.07. The second kappa shape index (κ2) is 5.47. The first kappa shape index (κ1) is 13.6. The topological polar surface area (TPSA) is 52.3 Å². The van der Waals surface area contributed by atoms with Crippen molar-refractivity contribution in [1.82, 2.24) is 0 Å². The van der Waals surface area contributed by atoms with E-state index in [0.717, 1.165) is 12.7 Å². The van der Waals surface area contributed by atoms with Crippen LogP contribution < -0.4 is 5.73 Å². The second-order valence-corrected chi connectivity index (χ2v) is 5.30. The molecule has 0 aromatic carbocycles. The smallest absolute Gasteiger partial charge is 0.127 e. The Bertz CT molecular complexity index is 176. The average molecular weight is 201 g/mol. The Morgan fingerprint density at radius 3 is 2.21 bits per heavy atom. The monoisotopic (exact) mass is 201 g/mol. The van der Waals surface area contributed by atoms with Gasteiger partial charge >= 0.3 is 0 Å². The van der Waals surface area contributed by atoms with E-state index >= 15 is 0 Å². The van der Waals surface area contributed by atoms with Gasteiger partial charge in [0.05, 0.1) is 13.2 Å². The lowest BCUT2D eigenvalue weighted by atomic mass is 9.90. The third-order valence-corrected chi connectivity index (χ3v) is 2.11. The minimum atomic E-state index is -0.376. The summed E-state index contributed by atoms with van der Waals surface area (Å²) in [6, 6.07) is 0. The van der Waals surface area contributed by atoms with E-state index in [0.29, 0.717) is 19.8 Å². The lowest BCUT2D eigenvalue weighted by Crippen LogP contribution is -2.27. The number of hydrogen-bond donors (Lipinski definition) is 1. The molecule has 0 aliphatic carbocycles. The van der Waals surface area contributed by atoms with Crippen molar-refractivity contribution in [2.45, 2.75) is 34.1 Å². The van der Waals surface area contributed by atoms with Gasteiger partial charge in [-0.15, -0.1) is 0 Å². The van der Waals surface area contributed by atoms with Crippen LogP contribution in [0.2, 0.25) is 0 Å². The molecule has 0 radical (unpaired) electrons. The van der Waals surface area contributed by atoms with Crippen LogP contribution in [0.15, 0.2) is 0 Å². The fraction of sp³-hybridized carbons (Fsp3) is 0.909. The predicted molar refractivity (Wildman–Crippen MR) is 58.1 cm³/mol. The quantitative estimate of drug-likeness (QED) is 0.637. The van der Waals surface area contributed by atoms with Gasteiger partial charge in [0.25, 0.3) is 0 Å². The van der Waals surface area contributed by atoms with E-state index in [1.54, 1.807) is 0 Å². The van der Waals surface area contributed by atoms with Gasteiger partial charge in [-0.1, -0.05) is 27.7 Å². The summed E-state index contributed by atoms with van der Waals surface area (Å²) in [7, 11) is 0. The molecule has 0 fully saturated rings. The van der Waals surface area contributed by atoms with Crippen molar-refractivity contribution >= 4 is 6.29 Å². The normalized spacial score (nSPS) is 12.9. The zero-order valence-corrected chi connectivity index (χ0v) is 9.80. The molecule has 2 N–H and O–H groups in total. The third kappa shape index (κ3) is 6.11. The molecule has 0 spiro atoms. The minimum Gasteiger partial charge on any atom is -0.380 e. The third-order valence-electron chi connectivity index (χ3n) is 2.11. The molecule has 0 rings (SSSR count). The van der Waals surface area contributed by atoms with Gasteiger partial charge in [-0.2, -0.15) is 0 Å². The van der Waals surface area contributed by atoms with E-state index in [1.165, 1.54) is 0 Å². The van der Waals surface area contributed by atoms with E-state index in [1.807, 2.05) is 13.8 Å². The lowest BCUT2D eigenvalue weighted by Gasteiger charge is -2.26. The summed E-state index contributed by atoms with van der Waals surface area (Å²) >= 11 is 0. The molecule has 0 bridgehead atoms. The van der Waals surface area contributed by atoms with Crippen molar-refractivity contribution in [3.05, 3.63) is 0 Å². The van der Waals surface area contributed by atoms with Crippen LogP contribution in [0.5, 0.6) is 0 Å². The molecule has 3 heteroatoms. The van der Waals surface area contributed by atoms with E-state index < -0.39 is 0 Å². The average Bonchev–Trinajstić information content (AvgIpc) is 2.03. The molecule has 0 unspecified atom stereocenters. The van der Waals surface area contributed by atoms with Crippen molar-refractivity contribution in [3.63, 3.8) is 0 Å². The minimum absolute atomic E-state index is 0.105. The predicted octanol–water partition coefficient (Wildman–Crippen LogP) is 1.60. The number of aldehydes is 1. The van der Waals surface area contributed by atoms with Crippen molar-refractivity contribution in [2.75, 3.05) is 19.8 Å². The van der Waals surface area contributed by atoms with Gasteiger partial charge in [-0.3, -0.25) is 0 Å². The number of rotatable bonds is 7. The molecular formula is C11H23NO2. The molecule has 0 aromatic heterocycles. The summed E-state index contributed by atoms with van der Waals surface area (Å²) < 4.78 is 5.52. The Hall–Kier alpha value is -0.410. The first-order chi connectivity index (χ1) is 6.33. The van der Waals surface area contributed by atoms with Crippen LogP contribution in [0.4, 0.5) is 0 Å². The van der Waals surface area contributed by atoms with Crippen molar-refractivity contribution in [3.8, 4) is 0 Å². The second-order valence-electron chi connectivity index (χ2n) is 5.30. The van der Waals surface area contributed by atoms with Crippen LogP contribution in [0.25, 0.3) is 0 Å². The molecule has 0 aromatic rings. The molecule has 0 heterocycles. The maximum atomic E-state index is 10.6. The summed E-state index contributed by atoms with van der Waals surface area (Å²) in [4.78, 5) is 10.6. The maximum absolute atomic E-state index is 10.6. The highest BCUT2D eigenvalue weighted by atomic mass is 16.5. The van der Waals surface area contributed by atoms with Gasteiger partial charge in [-0.05, 0) is 18.4 Å². The van der Waals surface area contributed by atoms with Gasteiger partial charge in [0, 0.05) is 5.41 Å². The van der Waals surface area contributed by atoms with Crippen molar-refractivity contribution in [2.24, 2.45) is 16.6 Å². The number of ether oxygens (including phenoxy) is 1. The highest BCUT2D eigenvalue weighted by molar-refractivity contribution is 5.57. The number of carbonyl (C=O) groups is 1. The Labute approximate surface area is 87.0 Å². The SMILES string of the molecule is CC(C)(C=O)COCC(C)(C)CCN. The van der Waals surface area contributed by atoms with Gasteiger partial charge < -0.3 is 15.3 Å². The van der Waals surface area contributed by atoms with Crippen molar-refractivity contribution < 1.29 is 9.53 Å². The van der Waals surface area contributed by atoms with Gasteiger partial charge in [0.2, 0.25) is 0 Å². The summed E-state index contributed by atoms with van der Waals surface area (Å²) in [5, 5.41) is 0.